The van der Waals surface area contributed by atoms with Gasteiger partial charge in [0.15, 0.2) is 6.29 Å². The van der Waals surface area contributed by atoms with Gasteiger partial charge in [0.25, 0.3) is 0 Å². The Balaban J connectivity index is 3.03. The van der Waals surface area contributed by atoms with Gasteiger partial charge in [0.05, 0.1) is 14.2 Å². The number of carbonyl (C=O) groups is 2. The Morgan fingerprint density at radius 2 is 1.71 bits per heavy atom. The highest BCUT2D eigenvalue weighted by molar-refractivity contribution is 6.23. The quantitative estimate of drug-likeness (QED) is 0.531. The zero-order valence-electron chi connectivity index (χ0n) is 12.7. The molecular weight excluding hydrogens is 272 g/mol. The van der Waals surface area contributed by atoms with Crippen molar-refractivity contribution in [1.82, 2.24) is 0 Å². The summed E-state index contributed by atoms with van der Waals surface area (Å²) in [5.74, 6) is -0.788. The van der Waals surface area contributed by atoms with Crippen LogP contribution in [-0.2, 0) is 23.9 Å². The molecule has 0 heterocycles. The Labute approximate surface area is 124 Å². The van der Waals surface area contributed by atoms with Crippen molar-refractivity contribution in [1.29, 1.82) is 0 Å². The number of rotatable bonds is 7. The molecule has 0 amide bonds. The Morgan fingerprint density at radius 1 is 1.14 bits per heavy atom. The van der Waals surface area contributed by atoms with E-state index in [9.17, 15) is 14.4 Å². The van der Waals surface area contributed by atoms with Crippen LogP contribution >= 0.6 is 0 Å². The lowest BCUT2D eigenvalue weighted by Crippen LogP contribution is -2.24. The molecule has 0 aromatic heterocycles. The smallest absolute Gasteiger partial charge is 0.228 e. The molecule has 1 radical (unpaired) electrons. The number of ketones is 2. The van der Waals surface area contributed by atoms with E-state index in [0.29, 0.717) is 30.4 Å². The van der Waals surface area contributed by atoms with Crippen LogP contribution in [0.5, 0.6) is 0 Å². The van der Waals surface area contributed by atoms with Gasteiger partial charge < -0.3 is 9.47 Å². The molecule has 0 N–H and O–H groups in total. The molecular formula is C16H19O5. The van der Waals surface area contributed by atoms with Crippen LogP contribution < -0.4 is 0 Å². The number of ether oxygens (including phenoxy) is 2. The van der Waals surface area contributed by atoms with Gasteiger partial charge in [-0.25, -0.2) is 0 Å². The highest BCUT2D eigenvalue weighted by Crippen LogP contribution is 2.28. The minimum Gasteiger partial charge on any atom is -0.489 e. The summed E-state index contributed by atoms with van der Waals surface area (Å²) in [7, 11) is 2.66. The van der Waals surface area contributed by atoms with Crippen LogP contribution in [0.25, 0.3) is 0 Å². The first-order chi connectivity index (χ1) is 9.97. The topological polar surface area (TPSA) is 69.7 Å². The van der Waals surface area contributed by atoms with Crippen LogP contribution in [-0.4, -0.2) is 32.1 Å². The summed E-state index contributed by atoms with van der Waals surface area (Å²) in [5.41, 5.74) is 1.73. The molecule has 0 aromatic rings. The van der Waals surface area contributed by atoms with Crippen molar-refractivity contribution in [3.63, 3.8) is 0 Å². The van der Waals surface area contributed by atoms with Crippen LogP contribution in [0.1, 0.15) is 33.1 Å². The van der Waals surface area contributed by atoms with Crippen LogP contribution in [0, 0.1) is 0 Å². The number of Topliss-reactive ketones (excluding diaryl/α,β-unsaturated/α-hetero) is 2. The number of hydrogen-bond acceptors (Lipinski definition) is 5. The van der Waals surface area contributed by atoms with E-state index in [4.69, 9.17) is 9.47 Å². The molecule has 0 aromatic carbocycles. The summed E-state index contributed by atoms with van der Waals surface area (Å²) in [5, 5.41) is 0. The van der Waals surface area contributed by atoms with Gasteiger partial charge >= 0.3 is 0 Å². The molecule has 5 nitrogen and oxygen atoms in total. The number of carbonyl (C=O) groups excluding carboxylic acids is 3. The minimum atomic E-state index is -0.337. The summed E-state index contributed by atoms with van der Waals surface area (Å²) in [6.07, 6.45) is 4.90. The van der Waals surface area contributed by atoms with E-state index in [1.165, 1.54) is 14.2 Å². The van der Waals surface area contributed by atoms with E-state index in [-0.39, 0.29) is 23.1 Å². The third-order valence-electron chi connectivity index (χ3n) is 3.37. The highest BCUT2D eigenvalue weighted by Gasteiger charge is 2.33. The van der Waals surface area contributed by atoms with E-state index in [1.807, 2.05) is 19.3 Å². The van der Waals surface area contributed by atoms with Crippen LogP contribution in [0.15, 0.2) is 34.3 Å². The monoisotopic (exact) mass is 291 g/mol. The fourth-order valence-corrected chi connectivity index (χ4v) is 2.06. The molecule has 0 spiro atoms. The van der Waals surface area contributed by atoms with Crippen molar-refractivity contribution in [3.8, 4) is 0 Å². The summed E-state index contributed by atoms with van der Waals surface area (Å²) in [6, 6.07) is 0. The lowest BCUT2D eigenvalue weighted by Gasteiger charge is -2.19. The SMILES string of the molecule is COC1=C(OC)C(=O)C(C/C=C(\C)CC[C]=O)=C(C)C1=O. The summed E-state index contributed by atoms with van der Waals surface area (Å²) < 4.78 is 9.97. The first kappa shape index (κ1) is 16.9. The summed E-state index contributed by atoms with van der Waals surface area (Å²) >= 11 is 0. The van der Waals surface area contributed by atoms with Crippen LogP contribution in [0.3, 0.4) is 0 Å². The lowest BCUT2D eigenvalue weighted by atomic mass is 9.90. The largest absolute Gasteiger partial charge is 0.489 e. The minimum absolute atomic E-state index is 0.0555. The maximum atomic E-state index is 12.3. The van der Waals surface area contributed by atoms with Gasteiger partial charge in [-0.15, -0.1) is 0 Å². The number of methoxy groups -OCH3 is 2. The van der Waals surface area contributed by atoms with E-state index in [1.54, 1.807) is 6.92 Å². The maximum absolute atomic E-state index is 12.3. The van der Waals surface area contributed by atoms with Crippen LogP contribution in [0.4, 0.5) is 0 Å². The van der Waals surface area contributed by atoms with Gasteiger partial charge in [-0.2, -0.15) is 0 Å². The molecule has 0 atom stereocenters. The van der Waals surface area contributed by atoms with Gasteiger partial charge in [-0.05, 0) is 26.7 Å². The normalized spacial score (nSPS) is 16.5. The molecule has 1 aliphatic rings. The second-order valence-corrected chi connectivity index (χ2v) is 4.73. The first-order valence-electron chi connectivity index (χ1n) is 6.59. The fourth-order valence-electron chi connectivity index (χ4n) is 2.06. The summed E-state index contributed by atoms with van der Waals surface area (Å²) in [4.78, 5) is 34.7. The molecule has 0 fully saturated rings. The highest BCUT2D eigenvalue weighted by atomic mass is 16.5. The molecule has 0 aliphatic heterocycles. The average Bonchev–Trinajstić information content (AvgIpc) is 2.48. The zero-order chi connectivity index (χ0) is 16.0. The first-order valence-corrected chi connectivity index (χ1v) is 6.59. The third-order valence-corrected chi connectivity index (χ3v) is 3.37. The van der Waals surface area contributed by atoms with Crippen molar-refractivity contribution in [2.45, 2.75) is 33.1 Å². The van der Waals surface area contributed by atoms with Gasteiger partial charge in [-0.1, -0.05) is 11.6 Å². The summed E-state index contributed by atoms with van der Waals surface area (Å²) in [6.45, 7) is 3.47. The van der Waals surface area contributed by atoms with E-state index in [0.717, 1.165) is 5.57 Å². The van der Waals surface area contributed by atoms with E-state index < -0.39 is 0 Å². The second kappa shape index (κ2) is 7.57. The molecule has 113 valence electrons. The predicted octanol–water partition coefficient (Wildman–Crippen LogP) is 2.19. The molecule has 0 saturated carbocycles. The van der Waals surface area contributed by atoms with Gasteiger partial charge in [0.1, 0.15) is 0 Å². The Kier molecular flexibility index (Phi) is 6.09. The van der Waals surface area contributed by atoms with Crippen molar-refractivity contribution >= 4 is 17.9 Å². The second-order valence-electron chi connectivity index (χ2n) is 4.73. The fraction of sp³-hybridized carbons (Fsp3) is 0.438. The predicted molar refractivity (Wildman–Crippen MR) is 77.1 cm³/mol. The Hall–Kier alpha value is -2.17. The van der Waals surface area contributed by atoms with Crippen LogP contribution in [0.2, 0.25) is 0 Å². The molecule has 0 saturated heterocycles. The molecule has 21 heavy (non-hydrogen) atoms. The van der Waals surface area contributed by atoms with Crippen molar-refractivity contribution in [3.05, 3.63) is 34.3 Å². The molecule has 1 aliphatic carbocycles. The van der Waals surface area contributed by atoms with E-state index >= 15 is 0 Å². The third kappa shape index (κ3) is 3.68. The molecule has 5 heteroatoms. The van der Waals surface area contributed by atoms with Gasteiger partial charge in [0.2, 0.25) is 23.1 Å². The van der Waals surface area contributed by atoms with Crippen molar-refractivity contribution < 1.29 is 23.9 Å². The average molecular weight is 291 g/mol. The van der Waals surface area contributed by atoms with Crippen molar-refractivity contribution in [2.24, 2.45) is 0 Å². The van der Waals surface area contributed by atoms with Crippen molar-refractivity contribution in [2.75, 3.05) is 14.2 Å². The maximum Gasteiger partial charge on any atom is 0.228 e. The number of hydrogen-bond donors (Lipinski definition) is 0. The number of allylic oxidation sites excluding steroid dienone is 4. The Bertz CT molecular complexity index is 549. The molecule has 1 rings (SSSR count). The lowest BCUT2D eigenvalue weighted by molar-refractivity contribution is -0.121. The Morgan fingerprint density at radius 3 is 2.24 bits per heavy atom. The standard InChI is InChI=1S/C16H19O5/c1-10(6-5-9-17)7-8-12-11(2)13(18)15(20-3)16(21-4)14(12)19/h7H,5-6,8H2,1-4H3/b10-7+. The van der Waals surface area contributed by atoms with Gasteiger partial charge in [0, 0.05) is 17.6 Å². The molecule has 0 bridgehead atoms. The van der Waals surface area contributed by atoms with E-state index in [2.05, 4.69) is 0 Å². The zero-order valence-corrected chi connectivity index (χ0v) is 12.7. The van der Waals surface area contributed by atoms with Gasteiger partial charge in [-0.3, -0.25) is 14.4 Å². The molecule has 0 unspecified atom stereocenters.